The number of aliphatic hydroxyl groups excluding tert-OH is 1. The standard InChI is InChI=1S/C22H23N3O3/c1-28-22(27)20-8-4-5-17(24-20)13-25-12-16(21(26)14-25)11-15-9-10-23-19-7-3-2-6-18(15)19/h2-10,16,21,26H,11-14H2,1H3/t16-,21+/m1/s1. The number of ether oxygens (including phenoxy) is 1. The Balaban J connectivity index is 1.46. The lowest BCUT2D eigenvalue weighted by molar-refractivity contribution is 0.0593. The summed E-state index contributed by atoms with van der Waals surface area (Å²) in [7, 11) is 1.35. The normalized spacial score (nSPS) is 19.8. The van der Waals surface area contributed by atoms with Crippen LogP contribution in [-0.2, 0) is 17.7 Å². The molecule has 1 N–H and O–H groups in total. The van der Waals surface area contributed by atoms with Gasteiger partial charge in [-0.2, -0.15) is 0 Å². The number of likely N-dealkylation sites (tertiary alicyclic amines) is 1. The fourth-order valence-corrected chi connectivity index (χ4v) is 3.90. The van der Waals surface area contributed by atoms with Crippen molar-refractivity contribution in [3.63, 3.8) is 0 Å². The molecule has 144 valence electrons. The molecule has 1 saturated heterocycles. The molecule has 1 aromatic carbocycles. The van der Waals surface area contributed by atoms with Crippen LogP contribution in [0.15, 0.2) is 54.7 Å². The topological polar surface area (TPSA) is 75.5 Å². The van der Waals surface area contributed by atoms with Gasteiger partial charge in [0.2, 0.25) is 0 Å². The molecule has 0 spiro atoms. The molecule has 2 aromatic heterocycles. The van der Waals surface area contributed by atoms with Gasteiger partial charge in [-0.3, -0.25) is 9.88 Å². The average Bonchev–Trinajstić information content (AvgIpc) is 3.06. The maximum Gasteiger partial charge on any atom is 0.356 e. The number of carbonyl (C=O) groups is 1. The van der Waals surface area contributed by atoms with Gasteiger partial charge >= 0.3 is 5.97 Å². The van der Waals surface area contributed by atoms with Crippen LogP contribution >= 0.6 is 0 Å². The van der Waals surface area contributed by atoms with Crippen molar-refractivity contribution in [3.8, 4) is 0 Å². The minimum absolute atomic E-state index is 0.148. The Bertz CT molecular complexity index is 986. The van der Waals surface area contributed by atoms with Crippen LogP contribution in [0.4, 0.5) is 0 Å². The predicted molar refractivity (Wildman–Crippen MR) is 106 cm³/mol. The number of pyridine rings is 2. The number of fused-ring (bicyclic) bond motifs is 1. The second kappa shape index (κ2) is 8.04. The van der Waals surface area contributed by atoms with E-state index in [1.165, 1.54) is 12.7 Å². The van der Waals surface area contributed by atoms with Crippen molar-refractivity contribution in [1.82, 2.24) is 14.9 Å². The first-order chi connectivity index (χ1) is 13.6. The number of methoxy groups -OCH3 is 1. The number of para-hydroxylation sites is 1. The minimum Gasteiger partial charge on any atom is -0.464 e. The van der Waals surface area contributed by atoms with E-state index in [1.807, 2.05) is 42.6 Å². The SMILES string of the molecule is COC(=O)c1cccc(CN2C[C@@H](Cc3ccnc4ccccc34)[C@@H](O)C2)n1. The lowest BCUT2D eigenvalue weighted by atomic mass is 9.94. The first kappa shape index (κ1) is 18.5. The van der Waals surface area contributed by atoms with E-state index in [0.29, 0.717) is 18.8 Å². The molecule has 0 bridgehead atoms. The Morgan fingerprint density at radius 3 is 2.89 bits per heavy atom. The quantitative estimate of drug-likeness (QED) is 0.689. The number of aliphatic hydroxyl groups is 1. The van der Waals surface area contributed by atoms with Crippen molar-refractivity contribution >= 4 is 16.9 Å². The van der Waals surface area contributed by atoms with E-state index in [0.717, 1.165) is 29.6 Å². The Labute approximate surface area is 163 Å². The zero-order chi connectivity index (χ0) is 19.5. The summed E-state index contributed by atoms with van der Waals surface area (Å²) in [5.74, 6) is -0.291. The molecule has 0 aliphatic carbocycles. The Kier molecular flexibility index (Phi) is 5.32. The number of aromatic nitrogens is 2. The average molecular weight is 377 g/mol. The smallest absolute Gasteiger partial charge is 0.356 e. The third kappa shape index (κ3) is 3.88. The second-order valence-electron chi connectivity index (χ2n) is 7.22. The van der Waals surface area contributed by atoms with Gasteiger partial charge in [-0.05, 0) is 36.2 Å². The summed E-state index contributed by atoms with van der Waals surface area (Å²) in [4.78, 5) is 22.6. The van der Waals surface area contributed by atoms with Crippen molar-refractivity contribution in [2.75, 3.05) is 20.2 Å². The van der Waals surface area contributed by atoms with E-state index in [9.17, 15) is 9.90 Å². The fraction of sp³-hybridized carbons (Fsp3) is 0.318. The molecule has 0 saturated carbocycles. The summed E-state index contributed by atoms with van der Waals surface area (Å²) in [6.45, 7) is 1.97. The largest absolute Gasteiger partial charge is 0.464 e. The van der Waals surface area contributed by atoms with E-state index in [2.05, 4.69) is 20.9 Å². The van der Waals surface area contributed by atoms with E-state index >= 15 is 0 Å². The van der Waals surface area contributed by atoms with Crippen LogP contribution in [0.2, 0.25) is 0 Å². The van der Waals surface area contributed by atoms with E-state index in [-0.39, 0.29) is 5.92 Å². The lowest BCUT2D eigenvalue weighted by Gasteiger charge is -2.16. The van der Waals surface area contributed by atoms with Crippen LogP contribution in [-0.4, -0.2) is 52.2 Å². The van der Waals surface area contributed by atoms with Crippen LogP contribution in [0.5, 0.6) is 0 Å². The van der Waals surface area contributed by atoms with Crippen LogP contribution in [0, 0.1) is 5.92 Å². The van der Waals surface area contributed by atoms with E-state index in [4.69, 9.17) is 4.74 Å². The molecule has 0 radical (unpaired) electrons. The van der Waals surface area contributed by atoms with Gasteiger partial charge in [-0.1, -0.05) is 24.3 Å². The summed E-state index contributed by atoms with van der Waals surface area (Å²) >= 11 is 0. The summed E-state index contributed by atoms with van der Waals surface area (Å²) in [5.41, 5.74) is 3.29. The first-order valence-electron chi connectivity index (χ1n) is 9.41. The number of β-amino-alcohol motifs (C(OH)–C–C–N with tert-alkyl or cyclic N) is 1. The molecule has 4 rings (SSSR count). The van der Waals surface area contributed by atoms with Gasteiger partial charge < -0.3 is 9.84 Å². The number of esters is 1. The molecular formula is C22H23N3O3. The molecule has 1 aliphatic rings. The summed E-state index contributed by atoms with van der Waals surface area (Å²) in [6, 6.07) is 15.5. The van der Waals surface area contributed by atoms with Gasteiger partial charge in [0.25, 0.3) is 0 Å². The van der Waals surface area contributed by atoms with Gasteiger partial charge in [0.1, 0.15) is 5.69 Å². The summed E-state index contributed by atoms with van der Waals surface area (Å²) in [5, 5.41) is 11.7. The number of benzene rings is 1. The van der Waals surface area contributed by atoms with Gasteiger partial charge in [0.05, 0.1) is 24.4 Å². The van der Waals surface area contributed by atoms with Crippen LogP contribution in [0.25, 0.3) is 10.9 Å². The monoisotopic (exact) mass is 377 g/mol. The molecule has 1 aliphatic heterocycles. The maximum absolute atomic E-state index is 11.7. The van der Waals surface area contributed by atoms with Gasteiger partial charge in [0.15, 0.2) is 0 Å². The van der Waals surface area contributed by atoms with Gasteiger partial charge in [0, 0.05) is 37.1 Å². The minimum atomic E-state index is -0.439. The highest BCUT2D eigenvalue weighted by atomic mass is 16.5. The Morgan fingerprint density at radius 2 is 2.04 bits per heavy atom. The van der Waals surface area contributed by atoms with Crippen LogP contribution in [0.3, 0.4) is 0 Å². The van der Waals surface area contributed by atoms with Gasteiger partial charge in [-0.25, -0.2) is 9.78 Å². The predicted octanol–water partition coefficient (Wildman–Crippen LogP) is 2.45. The van der Waals surface area contributed by atoms with Crippen molar-refractivity contribution < 1.29 is 14.6 Å². The number of rotatable bonds is 5. The number of hydrogen-bond acceptors (Lipinski definition) is 6. The zero-order valence-electron chi connectivity index (χ0n) is 15.8. The highest BCUT2D eigenvalue weighted by Gasteiger charge is 2.31. The van der Waals surface area contributed by atoms with Crippen molar-refractivity contribution in [2.45, 2.75) is 19.1 Å². The number of nitrogens with zero attached hydrogens (tertiary/aromatic N) is 3. The van der Waals surface area contributed by atoms with Crippen LogP contribution < -0.4 is 0 Å². The molecule has 3 heterocycles. The zero-order valence-corrected chi connectivity index (χ0v) is 15.8. The molecule has 1 fully saturated rings. The van der Waals surface area contributed by atoms with Crippen LogP contribution in [0.1, 0.15) is 21.7 Å². The molecular weight excluding hydrogens is 354 g/mol. The number of hydrogen-bond donors (Lipinski definition) is 1. The highest BCUT2D eigenvalue weighted by molar-refractivity contribution is 5.87. The number of carbonyl (C=O) groups excluding carboxylic acids is 1. The Morgan fingerprint density at radius 1 is 1.18 bits per heavy atom. The Hall–Kier alpha value is -2.83. The molecule has 6 heteroatoms. The second-order valence-corrected chi connectivity index (χ2v) is 7.22. The highest BCUT2D eigenvalue weighted by Crippen LogP contribution is 2.26. The van der Waals surface area contributed by atoms with Crippen molar-refractivity contribution in [1.29, 1.82) is 0 Å². The summed E-state index contributed by atoms with van der Waals surface area (Å²) < 4.78 is 4.74. The van der Waals surface area contributed by atoms with Gasteiger partial charge in [-0.15, -0.1) is 0 Å². The molecule has 0 amide bonds. The molecule has 2 atom stereocenters. The fourth-order valence-electron chi connectivity index (χ4n) is 3.90. The third-order valence-corrected chi connectivity index (χ3v) is 5.29. The molecule has 3 aromatic rings. The molecule has 0 unspecified atom stereocenters. The van der Waals surface area contributed by atoms with Crippen molar-refractivity contribution in [3.05, 3.63) is 71.7 Å². The van der Waals surface area contributed by atoms with E-state index < -0.39 is 12.1 Å². The van der Waals surface area contributed by atoms with Crippen molar-refractivity contribution in [2.24, 2.45) is 5.92 Å². The van der Waals surface area contributed by atoms with E-state index in [1.54, 1.807) is 6.07 Å². The molecule has 28 heavy (non-hydrogen) atoms. The molecule has 6 nitrogen and oxygen atoms in total. The maximum atomic E-state index is 11.7. The summed E-state index contributed by atoms with van der Waals surface area (Å²) in [6.07, 6.45) is 2.24. The first-order valence-corrected chi connectivity index (χ1v) is 9.41. The third-order valence-electron chi connectivity index (χ3n) is 5.29. The lowest BCUT2D eigenvalue weighted by Crippen LogP contribution is -2.22.